The standard InChI is InChI=1S/C16H22N4O4/c1-19(15(23)12-7-17-16(24)18-14(12)22)8-10-6-13(21)20(9-10)11-4-2-3-5-11/h7,10-11H,2-6,8-9H2,1H3,(H2,17,18,22,24)/t10-/m0/s1. The third-order valence-corrected chi connectivity index (χ3v) is 4.93. The summed E-state index contributed by atoms with van der Waals surface area (Å²) in [6.07, 6.45) is 6.06. The van der Waals surface area contributed by atoms with Gasteiger partial charge in [-0.3, -0.25) is 19.4 Å². The van der Waals surface area contributed by atoms with Crippen LogP contribution in [0.15, 0.2) is 15.8 Å². The monoisotopic (exact) mass is 334 g/mol. The SMILES string of the molecule is CN(C[C@@H]1CC(=O)N(C2CCCC2)C1)C(=O)c1c[nH]c(=O)[nH]c1=O. The number of aromatic nitrogens is 2. The van der Waals surface area contributed by atoms with Gasteiger partial charge in [-0.1, -0.05) is 12.8 Å². The topological polar surface area (TPSA) is 106 Å². The van der Waals surface area contributed by atoms with E-state index in [1.54, 1.807) is 7.05 Å². The summed E-state index contributed by atoms with van der Waals surface area (Å²) in [6, 6.07) is 0.352. The van der Waals surface area contributed by atoms with E-state index < -0.39 is 17.2 Å². The molecule has 3 rings (SSSR count). The Labute approximate surface area is 138 Å². The molecule has 1 aliphatic heterocycles. The van der Waals surface area contributed by atoms with E-state index in [0.717, 1.165) is 19.0 Å². The lowest BCUT2D eigenvalue weighted by molar-refractivity contribution is -0.129. The fourth-order valence-electron chi connectivity index (χ4n) is 3.74. The van der Waals surface area contributed by atoms with Crippen LogP contribution in [0.4, 0.5) is 0 Å². The van der Waals surface area contributed by atoms with Crippen molar-refractivity contribution in [2.24, 2.45) is 5.92 Å². The van der Waals surface area contributed by atoms with Gasteiger partial charge >= 0.3 is 5.69 Å². The smallest absolute Gasteiger partial charge is 0.325 e. The van der Waals surface area contributed by atoms with Crippen LogP contribution < -0.4 is 11.2 Å². The van der Waals surface area contributed by atoms with Gasteiger partial charge in [-0.2, -0.15) is 0 Å². The van der Waals surface area contributed by atoms with E-state index in [-0.39, 0.29) is 17.4 Å². The minimum absolute atomic E-state index is 0.0777. The Hall–Kier alpha value is -2.38. The summed E-state index contributed by atoms with van der Waals surface area (Å²) in [5.74, 6) is -0.220. The highest BCUT2D eigenvalue weighted by Gasteiger charge is 2.36. The third-order valence-electron chi connectivity index (χ3n) is 4.93. The minimum Gasteiger partial charge on any atom is -0.341 e. The van der Waals surface area contributed by atoms with Crippen LogP contribution in [0.1, 0.15) is 42.5 Å². The van der Waals surface area contributed by atoms with Gasteiger partial charge in [-0.25, -0.2) is 4.79 Å². The zero-order valence-corrected chi connectivity index (χ0v) is 13.7. The summed E-state index contributed by atoms with van der Waals surface area (Å²) in [5.41, 5.74) is -1.45. The molecule has 1 aromatic rings. The van der Waals surface area contributed by atoms with Crippen molar-refractivity contribution in [2.45, 2.75) is 38.1 Å². The van der Waals surface area contributed by atoms with E-state index in [4.69, 9.17) is 0 Å². The molecule has 2 aliphatic rings. The van der Waals surface area contributed by atoms with E-state index in [1.165, 1.54) is 17.7 Å². The first kappa shape index (κ1) is 16.5. The van der Waals surface area contributed by atoms with E-state index in [9.17, 15) is 19.2 Å². The molecular formula is C16H22N4O4. The second kappa shape index (κ2) is 6.62. The number of carbonyl (C=O) groups excluding carboxylic acids is 2. The summed E-state index contributed by atoms with van der Waals surface area (Å²) in [4.78, 5) is 55.1. The van der Waals surface area contributed by atoms with Gasteiger partial charge in [-0.05, 0) is 12.8 Å². The molecule has 1 saturated carbocycles. The molecule has 8 nitrogen and oxygen atoms in total. The van der Waals surface area contributed by atoms with E-state index in [0.29, 0.717) is 25.6 Å². The molecule has 1 aromatic heterocycles. The highest BCUT2D eigenvalue weighted by Crippen LogP contribution is 2.29. The molecule has 8 heteroatoms. The van der Waals surface area contributed by atoms with Crippen LogP contribution in [0.5, 0.6) is 0 Å². The van der Waals surface area contributed by atoms with Gasteiger partial charge in [0, 0.05) is 44.7 Å². The first-order valence-corrected chi connectivity index (χ1v) is 8.32. The lowest BCUT2D eigenvalue weighted by Gasteiger charge is -2.25. The molecule has 0 unspecified atom stereocenters. The molecule has 2 heterocycles. The van der Waals surface area contributed by atoms with Crippen LogP contribution in [-0.2, 0) is 4.79 Å². The number of carbonyl (C=O) groups is 2. The van der Waals surface area contributed by atoms with Gasteiger partial charge in [0.25, 0.3) is 11.5 Å². The van der Waals surface area contributed by atoms with E-state index >= 15 is 0 Å². The van der Waals surface area contributed by atoms with Crippen molar-refractivity contribution in [1.29, 1.82) is 0 Å². The highest BCUT2D eigenvalue weighted by atomic mass is 16.2. The Kier molecular flexibility index (Phi) is 4.55. The van der Waals surface area contributed by atoms with Gasteiger partial charge in [0.2, 0.25) is 5.91 Å². The van der Waals surface area contributed by atoms with Crippen LogP contribution in [0.3, 0.4) is 0 Å². The highest BCUT2D eigenvalue weighted by molar-refractivity contribution is 5.93. The summed E-state index contributed by atoms with van der Waals surface area (Å²) >= 11 is 0. The Bertz CT molecular complexity index is 747. The second-order valence-corrected chi connectivity index (χ2v) is 6.73. The van der Waals surface area contributed by atoms with E-state index in [2.05, 4.69) is 4.98 Å². The van der Waals surface area contributed by atoms with E-state index in [1.807, 2.05) is 9.88 Å². The first-order chi connectivity index (χ1) is 11.5. The molecule has 0 spiro atoms. The van der Waals surface area contributed by atoms with Crippen molar-refractivity contribution in [1.82, 2.24) is 19.8 Å². The van der Waals surface area contributed by atoms with Gasteiger partial charge in [-0.15, -0.1) is 0 Å². The zero-order valence-electron chi connectivity index (χ0n) is 13.7. The van der Waals surface area contributed by atoms with Gasteiger partial charge in [0.15, 0.2) is 0 Å². The number of hydrogen-bond acceptors (Lipinski definition) is 4. The van der Waals surface area contributed by atoms with Crippen molar-refractivity contribution in [3.63, 3.8) is 0 Å². The Morgan fingerprint density at radius 1 is 1.29 bits per heavy atom. The fourth-order valence-corrected chi connectivity index (χ4v) is 3.74. The van der Waals surface area contributed by atoms with Crippen molar-refractivity contribution in [3.05, 3.63) is 32.6 Å². The van der Waals surface area contributed by atoms with Crippen LogP contribution >= 0.6 is 0 Å². The van der Waals surface area contributed by atoms with Gasteiger partial charge < -0.3 is 14.8 Å². The molecule has 1 aliphatic carbocycles. The Balaban J connectivity index is 1.63. The molecule has 2 N–H and O–H groups in total. The summed E-state index contributed by atoms with van der Waals surface area (Å²) in [5, 5.41) is 0. The van der Waals surface area contributed by atoms with Crippen molar-refractivity contribution in [2.75, 3.05) is 20.1 Å². The number of aromatic amines is 2. The molecule has 0 aromatic carbocycles. The minimum atomic E-state index is -0.703. The number of rotatable bonds is 4. The fraction of sp³-hybridized carbons (Fsp3) is 0.625. The maximum absolute atomic E-state index is 12.4. The number of H-pyrrole nitrogens is 2. The largest absolute Gasteiger partial charge is 0.341 e. The summed E-state index contributed by atoms with van der Waals surface area (Å²) < 4.78 is 0. The second-order valence-electron chi connectivity index (χ2n) is 6.73. The summed E-state index contributed by atoms with van der Waals surface area (Å²) in [6.45, 7) is 1.08. The molecule has 2 amide bonds. The molecule has 0 bridgehead atoms. The maximum Gasteiger partial charge on any atom is 0.325 e. The molecule has 1 saturated heterocycles. The van der Waals surface area contributed by atoms with Crippen LogP contribution in [-0.4, -0.2) is 57.8 Å². The van der Waals surface area contributed by atoms with Crippen LogP contribution in [0.25, 0.3) is 0 Å². The first-order valence-electron chi connectivity index (χ1n) is 8.32. The van der Waals surface area contributed by atoms with Gasteiger partial charge in [0.1, 0.15) is 5.56 Å². The molecule has 24 heavy (non-hydrogen) atoms. The number of nitrogens with one attached hydrogen (secondary N) is 2. The average molecular weight is 334 g/mol. The lowest BCUT2D eigenvalue weighted by atomic mass is 10.1. The zero-order chi connectivity index (χ0) is 17.3. The Morgan fingerprint density at radius 2 is 2.00 bits per heavy atom. The summed E-state index contributed by atoms with van der Waals surface area (Å²) in [7, 11) is 1.61. The average Bonchev–Trinajstić information content (AvgIpc) is 3.16. The number of hydrogen-bond donors (Lipinski definition) is 2. The molecular weight excluding hydrogens is 312 g/mol. The molecule has 130 valence electrons. The van der Waals surface area contributed by atoms with Crippen molar-refractivity contribution < 1.29 is 9.59 Å². The normalized spacial score (nSPS) is 21.5. The van der Waals surface area contributed by atoms with Crippen LogP contribution in [0.2, 0.25) is 0 Å². The quantitative estimate of drug-likeness (QED) is 0.803. The number of amides is 2. The lowest BCUT2D eigenvalue weighted by Crippen LogP contribution is -2.38. The van der Waals surface area contributed by atoms with Crippen molar-refractivity contribution >= 4 is 11.8 Å². The van der Waals surface area contributed by atoms with Crippen LogP contribution in [0, 0.1) is 5.92 Å². The number of nitrogens with zero attached hydrogens (tertiary/aromatic N) is 2. The predicted molar refractivity (Wildman–Crippen MR) is 86.7 cm³/mol. The Morgan fingerprint density at radius 3 is 2.67 bits per heavy atom. The predicted octanol–water partition coefficient (Wildman–Crippen LogP) is -0.0737. The van der Waals surface area contributed by atoms with Gasteiger partial charge in [0.05, 0.1) is 0 Å². The molecule has 2 fully saturated rings. The number of likely N-dealkylation sites (tertiary alicyclic amines) is 1. The molecule has 1 atom stereocenters. The maximum atomic E-state index is 12.4. The third kappa shape index (κ3) is 3.27. The van der Waals surface area contributed by atoms with Crippen molar-refractivity contribution in [3.8, 4) is 0 Å². The molecule has 0 radical (unpaired) electrons.